The van der Waals surface area contributed by atoms with E-state index in [2.05, 4.69) is 53.2 Å². The second-order valence-corrected chi connectivity index (χ2v) is 8.50. The Balaban J connectivity index is 2.15. The van der Waals surface area contributed by atoms with Crippen LogP contribution in [0.1, 0.15) is 38.7 Å². The van der Waals surface area contributed by atoms with Gasteiger partial charge in [-0.25, -0.2) is 0 Å². The van der Waals surface area contributed by atoms with E-state index >= 15 is 0 Å². The van der Waals surface area contributed by atoms with Crippen molar-refractivity contribution in [3.63, 3.8) is 0 Å². The quantitative estimate of drug-likeness (QED) is 0.890. The van der Waals surface area contributed by atoms with E-state index in [-0.39, 0.29) is 5.54 Å². The second-order valence-electron chi connectivity index (χ2n) is 6.21. The first-order valence-electron chi connectivity index (χ1n) is 7.12. The summed E-state index contributed by atoms with van der Waals surface area (Å²) < 4.78 is 1.21. The number of thiophene rings is 1. The van der Waals surface area contributed by atoms with E-state index in [0.29, 0.717) is 5.92 Å². The van der Waals surface area contributed by atoms with Crippen LogP contribution in [0.15, 0.2) is 15.2 Å². The molecule has 3 atom stereocenters. The topological polar surface area (TPSA) is 29.3 Å². The standard InChI is InChI=1S/C15H25BrN2S/c1-11-4-5-12(2)15(7-11,10-17)18(3)8-13-6-14(16)19-9-13/h6,9,11-12H,4-5,7-8,10,17H2,1-3H3. The van der Waals surface area contributed by atoms with Crippen LogP contribution in [0, 0.1) is 11.8 Å². The molecule has 1 aliphatic carbocycles. The van der Waals surface area contributed by atoms with Crippen molar-refractivity contribution in [3.8, 4) is 0 Å². The Morgan fingerprint density at radius 1 is 1.47 bits per heavy atom. The van der Waals surface area contributed by atoms with Crippen LogP contribution in [0.5, 0.6) is 0 Å². The Morgan fingerprint density at radius 2 is 2.21 bits per heavy atom. The van der Waals surface area contributed by atoms with Crippen LogP contribution in [-0.4, -0.2) is 24.0 Å². The third kappa shape index (κ3) is 3.23. The Labute approximate surface area is 129 Å². The Bertz CT molecular complexity index is 420. The van der Waals surface area contributed by atoms with E-state index in [9.17, 15) is 0 Å². The average Bonchev–Trinajstić information content (AvgIpc) is 2.77. The molecule has 3 unspecified atom stereocenters. The smallest absolute Gasteiger partial charge is 0.0701 e. The summed E-state index contributed by atoms with van der Waals surface area (Å²) in [6, 6.07) is 2.22. The van der Waals surface area contributed by atoms with E-state index in [1.165, 1.54) is 28.6 Å². The molecule has 108 valence electrons. The van der Waals surface area contributed by atoms with E-state index in [1.54, 1.807) is 11.3 Å². The molecular formula is C15H25BrN2S. The molecule has 0 aliphatic heterocycles. The van der Waals surface area contributed by atoms with E-state index in [0.717, 1.165) is 19.0 Å². The Kier molecular flexibility index (Phi) is 5.09. The number of hydrogen-bond donors (Lipinski definition) is 1. The highest BCUT2D eigenvalue weighted by molar-refractivity contribution is 9.11. The van der Waals surface area contributed by atoms with Crippen molar-refractivity contribution < 1.29 is 0 Å². The minimum Gasteiger partial charge on any atom is -0.329 e. The molecule has 0 saturated heterocycles. The van der Waals surface area contributed by atoms with Gasteiger partial charge in [0.1, 0.15) is 0 Å². The van der Waals surface area contributed by atoms with Crippen LogP contribution in [0.3, 0.4) is 0 Å². The third-order valence-electron chi connectivity index (χ3n) is 4.87. The summed E-state index contributed by atoms with van der Waals surface area (Å²) in [5.41, 5.74) is 7.76. The summed E-state index contributed by atoms with van der Waals surface area (Å²) in [6.07, 6.45) is 3.88. The minimum absolute atomic E-state index is 0.173. The first kappa shape index (κ1) is 15.5. The van der Waals surface area contributed by atoms with Gasteiger partial charge in [-0.1, -0.05) is 20.3 Å². The van der Waals surface area contributed by atoms with Gasteiger partial charge in [0.05, 0.1) is 3.79 Å². The van der Waals surface area contributed by atoms with Gasteiger partial charge in [-0.2, -0.15) is 0 Å². The maximum absolute atomic E-state index is 6.20. The summed E-state index contributed by atoms with van der Waals surface area (Å²) in [5, 5.41) is 2.24. The van der Waals surface area contributed by atoms with Gasteiger partial charge >= 0.3 is 0 Å². The lowest BCUT2D eigenvalue weighted by Gasteiger charge is -2.50. The zero-order valence-electron chi connectivity index (χ0n) is 12.2. The molecule has 1 aromatic heterocycles. The van der Waals surface area contributed by atoms with Crippen LogP contribution < -0.4 is 5.73 Å². The second kappa shape index (κ2) is 6.25. The lowest BCUT2D eigenvalue weighted by molar-refractivity contribution is 0.00911. The van der Waals surface area contributed by atoms with Gasteiger partial charge in [-0.15, -0.1) is 11.3 Å². The highest BCUT2D eigenvalue weighted by atomic mass is 79.9. The first-order valence-corrected chi connectivity index (χ1v) is 8.79. The number of nitrogens with zero attached hydrogens (tertiary/aromatic N) is 1. The Hall–Kier alpha value is 0.100. The molecule has 1 aromatic rings. The van der Waals surface area contributed by atoms with Gasteiger partial charge in [-0.05, 0) is 64.7 Å². The zero-order chi connectivity index (χ0) is 14.0. The SMILES string of the molecule is CC1CCC(C)C(CN)(N(C)Cc2csc(Br)c2)C1. The molecule has 4 heteroatoms. The Morgan fingerprint density at radius 3 is 2.79 bits per heavy atom. The molecule has 1 aliphatic rings. The summed E-state index contributed by atoms with van der Waals surface area (Å²) in [5.74, 6) is 1.47. The lowest BCUT2D eigenvalue weighted by atomic mass is 9.68. The van der Waals surface area contributed by atoms with Crippen molar-refractivity contribution >= 4 is 27.3 Å². The molecule has 0 spiro atoms. The van der Waals surface area contributed by atoms with Gasteiger partial charge < -0.3 is 5.73 Å². The van der Waals surface area contributed by atoms with Crippen molar-refractivity contribution in [2.24, 2.45) is 17.6 Å². The van der Waals surface area contributed by atoms with Gasteiger partial charge in [0.2, 0.25) is 0 Å². The number of hydrogen-bond acceptors (Lipinski definition) is 3. The van der Waals surface area contributed by atoms with Gasteiger partial charge in [0, 0.05) is 18.6 Å². The first-order chi connectivity index (χ1) is 8.98. The summed E-state index contributed by atoms with van der Waals surface area (Å²) in [7, 11) is 2.24. The largest absolute Gasteiger partial charge is 0.329 e. The van der Waals surface area contributed by atoms with Crippen molar-refractivity contribution in [2.45, 2.75) is 45.2 Å². The molecule has 0 aromatic carbocycles. The van der Waals surface area contributed by atoms with Gasteiger partial charge in [0.15, 0.2) is 0 Å². The molecular weight excluding hydrogens is 320 g/mol. The summed E-state index contributed by atoms with van der Waals surface area (Å²) in [6.45, 7) is 6.50. The highest BCUT2D eigenvalue weighted by Gasteiger charge is 2.42. The van der Waals surface area contributed by atoms with Crippen molar-refractivity contribution in [3.05, 3.63) is 20.8 Å². The minimum atomic E-state index is 0.173. The normalized spacial score (nSPS) is 31.9. The summed E-state index contributed by atoms with van der Waals surface area (Å²) in [4.78, 5) is 2.50. The monoisotopic (exact) mass is 344 g/mol. The maximum atomic E-state index is 6.20. The molecule has 0 radical (unpaired) electrons. The third-order valence-corrected chi connectivity index (χ3v) is 6.42. The predicted octanol–water partition coefficient (Wildman–Crippen LogP) is 4.10. The van der Waals surface area contributed by atoms with Crippen molar-refractivity contribution in [2.75, 3.05) is 13.6 Å². The van der Waals surface area contributed by atoms with Crippen LogP contribution in [0.4, 0.5) is 0 Å². The zero-order valence-corrected chi connectivity index (χ0v) is 14.6. The van der Waals surface area contributed by atoms with Crippen LogP contribution in [0.25, 0.3) is 0 Å². The average molecular weight is 345 g/mol. The number of rotatable bonds is 4. The predicted molar refractivity (Wildman–Crippen MR) is 87.5 cm³/mol. The van der Waals surface area contributed by atoms with Crippen molar-refractivity contribution in [1.29, 1.82) is 0 Å². The molecule has 19 heavy (non-hydrogen) atoms. The summed E-state index contributed by atoms with van der Waals surface area (Å²) >= 11 is 5.30. The van der Waals surface area contributed by atoms with Gasteiger partial charge in [0.25, 0.3) is 0 Å². The molecule has 2 nitrogen and oxygen atoms in total. The fourth-order valence-electron chi connectivity index (χ4n) is 3.54. The number of nitrogens with two attached hydrogens (primary N) is 1. The van der Waals surface area contributed by atoms with Crippen molar-refractivity contribution in [1.82, 2.24) is 4.90 Å². The highest BCUT2D eigenvalue weighted by Crippen LogP contribution is 2.40. The maximum Gasteiger partial charge on any atom is 0.0701 e. The molecule has 0 bridgehead atoms. The fourth-order valence-corrected chi connectivity index (χ4v) is 4.74. The fraction of sp³-hybridized carbons (Fsp3) is 0.733. The molecule has 1 saturated carbocycles. The molecule has 0 amide bonds. The van der Waals surface area contributed by atoms with E-state index < -0.39 is 0 Å². The molecule has 1 heterocycles. The van der Waals surface area contributed by atoms with E-state index in [4.69, 9.17) is 5.73 Å². The number of likely N-dealkylation sites (N-methyl/N-ethyl adjacent to an activating group) is 1. The van der Waals surface area contributed by atoms with Gasteiger partial charge in [-0.3, -0.25) is 4.90 Å². The van der Waals surface area contributed by atoms with Crippen LogP contribution >= 0.6 is 27.3 Å². The molecule has 2 N–H and O–H groups in total. The lowest BCUT2D eigenvalue weighted by Crippen LogP contribution is -2.58. The number of halogens is 1. The molecule has 1 fully saturated rings. The van der Waals surface area contributed by atoms with Crippen LogP contribution in [-0.2, 0) is 6.54 Å². The van der Waals surface area contributed by atoms with Crippen LogP contribution in [0.2, 0.25) is 0 Å². The van der Waals surface area contributed by atoms with E-state index in [1.807, 2.05) is 0 Å². The molecule has 2 rings (SSSR count).